The van der Waals surface area contributed by atoms with Gasteiger partial charge in [0.25, 0.3) is 0 Å². The van der Waals surface area contributed by atoms with Crippen LogP contribution in [0.25, 0.3) is 0 Å². The van der Waals surface area contributed by atoms with Crippen molar-refractivity contribution in [1.29, 1.82) is 5.26 Å². The summed E-state index contributed by atoms with van der Waals surface area (Å²) in [5.41, 5.74) is 3.56. The van der Waals surface area contributed by atoms with Crippen molar-refractivity contribution in [1.82, 2.24) is 0 Å². The lowest BCUT2D eigenvalue weighted by Gasteiger charge is -2.29. The molecule has 3 rings (SSSR count). The minimum Gasteiger partial charge on any atom is -0.491 e. The van der Waals surface area contributed by atoms with Gasteiger partial charge >= 0.3 is 0 Å². The summed E-state index contributed by atoms with van der Waals surface area (Å²) in [5.74, 6) is 2.25. The number of hydrogen-bond donors (Lipinski definition) is 0. The minimum atomic E-state index is 0.221. The van der Waals surface area contributed by atoms with Gasteiger partial charge in [0, 0.05) is 0 Å². The van der Waals surface area contributed by atoms with Gasteiger partial charge in [-0.3, -0.25) is 0 Å². The lowest BCUT2D eigenvalue weighted by Crippen LogP contribution is -2.12. The molecule has 0 heterocycles. The fourth-order valence-corrected chi connectivity index (χ4v) is 3.68. The molecule has 1 fully saturated rings. The summed E-state index contributed by atoms with van der Waals surface area (Å²) in [7, 11) is 0. The van der Waals surface area contributed by atoms with E-state index in [4.69, 9.17) is 10.00 Å². The quantitative estimate of drug-likeness (QED) is 0.715. The van der Waals surface area contributed by atoms with Gasteiger partial charge in [-0.2, -0.15) is 5.26 Å². The van der Waals surface area contributed by atoms with E-state index in [0.717, 1.165) is 11.3 Å². The Morgan fingerprint density at radius 1 is 0.833 bits per heavy atom. The smallest absolute Gasteiger partial charge is 0.119 e. The largest absolute Gasteiger partial charge is 0.491 e. The van der Waals surface area contributed by atoms with Crippen molar-refractivity contribution in [2.24, 2.45) is 0 Å². The molecule has 2 nitrogen and oxygen atoms in total. The molecule has 2 aromatic carbocycles. The van der Waals surface area contributed by atoms with Crippen molar-refractivity contribution < 1.29 is 4.74 Å². The molecule has 24 heavy (non-hydrogen) atoms. The molecule has 0 spiro atoms. The Kier molecular flexibility index (Phi) is 5.20. The van der Waals surface area contributed by atoms with E-state index in [1.54, 1.807) is 0 Å². The number of rotatable bonds is 4. The van der Waals surface area contributed by atoms with Crippen LogP contribution in [0.5, 0.6) is 5.75 Å². The van der Waals surface area contributed by atoms with Crippen LogP contribution in [-0.4, -0.2) is 6.10 Å². The highest BCUT2D eigenvalue weighted by Gasteiger charge is 2.23. The first kappa shape index (κ1) is 16.6. The predicted molar refractivity (Wildman–Crippen MR) is 97.3 cm³/mol. The van der Waals surface area contributed by atoms with Crippen LogP contribution in [0.4, 0.5) is 0 Å². The standard InChI is InChI=1S/C22H25NO/c1-16(2)24-22-13-11-21(12-14-22)20-9-7-19(8-10-20)18-5-3-17(15-23)4-6-18/h3-6,11-14,16,19-20H,7-10H2,1-2H3/t19-,20-. The normalized spacial score (nSPS) is 20.6. The van der Waals surface area contributed by atoms with E-state index in [9.17, 15) is 0 Å². The maximum atomic E-state index is 8.91. The van der Waals surface area contributed by atoms with Crippen LogP contribution >= 0.6 is 0 Å². The summed E-state index contributed by atoms with van der Waals surface area (Å²) in [6, 6.07) is 19.0. The monoisotopic (exact) mass is 319 g/mol. The topological polar surface area (TPSA) is 33.0 Å². The van der Waals surface area contributed by atoms with E-state index in [-0.39, 0.29) is 6.10 Å². The van der Waals surface area contributed by atoms with E-state index in [2.05, 4.69) is 56.3 Å². The Morgan fingerprint density at radius 3 is 1.71 bits per heavy atom. The number of benzene rings is 2. The van der Waals surface area contributed by atoms with Gasteiger partial charge < -0.3 is 4.74 Å². The van der Waals surface area contributed by atoms with Crippen molar-refractivity contribution in [2.75, 3.05) is 0 Å². The van der Waals surface area contributed by atoms with E-state index in [0.29, 0.717) is 11.8 Å². The van der Waals surface area contributed by atoms with Gasteiger partial charge in [0.15, 0.2) is 0 Å². The highest BCUT2D eigenvalue weighted by Crippen LogP contribution is 2.40. The molecule has 124 valence electrons. The molecule has 0 aromatic heterocycles. The van der Waals surface area contributed by atoms with Crippen molar-refractivity contribution in [3.05, 3.63) is 65.2 Å². The summed E-state index contributed by atoms with van der Waals surface area (Å²) in [5, 5.41) is 8.91. The summed E-state index contributed by atoms with van der Waals surface area (Å²) in [4.78, 5) is 0. The molecular weight excluding hydrogens is 294 g/mol. The predicted octanol–water partition coefficient (Wildman–Crippen LogP) is 5.79. The van der Waals surface area contributed by atoms with E-state index in [1.807, 2.05) is 12.1 Å². The minimum absolute atomic E-state index is 0.221. The Morgan fingerprint density at radius 2 is 1.29 bits per heavy atom. The van der Waals surface area contributed by atoms with Gasteiger partial charge in [-0.05, 0) is 86.8 Å². The summed E-state index contributed by atoms with van der Waals surface area (Å²) in [6.07, 6.45) is 5.13. The van der Waals surface area contributed by atoms with Crippen molar-refractivity contribution in [3.63, 3.8) is 0 Å². The first-order valence-electron chi connectivity index (χ1n) is 8.92. The summed E-state index contributed by atoms with van der Waals surface area (Å²) < 4.78 is 5.73. The fraction of sp³-hybridized carbons (Fsp3) is 0.409. The number of nitrogens with zero attached hydrogens (tertiary/aromatic N) is 1. The SMILES string of the molecule is CC(C)Oc1ccc([C@H]2CC[C@H](c3ccc(C#N)cc3)CC2)cc1. The highest BCUT2D eigenvalue weighted by atomic mass is 16.5. The molecule has 0 bridgehead atoms. The molecule has 1 aliphatic rings. The molecule has 0 unspecified atom stereocenters. The van der Waals surface area contributed by atoms with Gasteiger partial charge in [-0.25, -0.2) is 0 Å². The Bertz CT molecular complexity index is 686. The second-order valence-corrected chi connectivity index (χ2v) is 7.02. The van der Waals surface area contributed by atoms with Gasteiger partial charge in [0.1, 0.15) is 5.75 Å². The Balaban J connectivity index is 1.59. The maximum Gasteiger partial charge on any atom is 0.119 e. The summed E-state index contributed by atoms with van der Waals surface area (Å²) in [6.45, 7) is 4.11. The van der Waals surface area contributed by atoms with Gasteiger partial charge in [-0.15, -0.1) is 0 Å². The first-order valence-corrected chi connectivity index (χ1v) is 8.92. The second-order valence-electron chi connectivity index (χ2n) is 7.02. The molecule has 1 aliphatic carbocycles. The van der Waals surface area contributed by atoms with Crippen LogP contribution in [0.3, 0.4) is 0 Å². The zero-order valence-corrected chi connectivity index (χ0v) is 14.5. The third-order valence-electron chi connectivity index (χ3n) is 4.96. The number of nitriles is 1. The van der Waals surface area contributed by atoms with E-state index in [1.165, 1.54) is 36.8 Å². The van der Waals surface area contributed by atoms with Crippen LogP contribution in [0.1, 0.15) is 68.1 Å². The van der Waals surface area contributed by atoms with Crippen LogP contribution in [0.15, 0.2) is 48.5 Å². The van der Waals surface area contributed by atoms with Crippen LogP contribution in [-0.2, 0) is 0 Å². The van der Waals surface area contributed by atoms with Crippen molar-refractivity contribution in [2.45, 2.75) is 57.5 Å². The van der Waals surface area contributed by atoms with Crippen LogP contribution < -0.4 is 4.74 Å². The van der Waals surface area contributed by atoms with Crippen molar-refractivity contribution in [3.8, 4) is 11.8 Å². The van der Waals surface area contributed by atoms with Gasteiger partial charge in [-0.1, -0.05) is 24.3 Å². The molecule has 0 N–H and O–H groups in total. The molecule has 2 heteroatoms. The summed E-state index contributed by atoms with van der Waals surface area (Å²) >= 11 is 0. The molecule has 0 atom stereocenters. The van der Waals surface area contributed by atoms with Crippen LogP contribution in [0, 0.1) is 11.3 Å². The lowest BCUT2D eigenvalue weighted by atomic mass is 9.76. The molecule has 0 saturated heterocycles. The lowest BCUT2D eigenvalue weighted by molar-refractivity contribution is 0.242. The average Bonchev–Trinajstić information content (AvgIpc) is 2.62. The molecular formula is C22H25NO. The first-order chi connectivity index (χ1) is 11.7. The molecule has 0 radical (unpaired) electrons. The number of ether oxygens (including phenoxy) is 1. The Labute approximate surface area is 145 Å². The zero-order valence-electron chi connectivity index (χ0n) is 14.5. The van der Waals surface area contributed by atoms with Gasteiger partial charge in [0.2, 0.25) is 0 Å². The fourth-order valence-electron chi connectivity index (χ4n) is 3.68. The second kappa shape index (κ2) is 7.53. The van der Waals surface area contributed by atoms with E-state index >= 15 is 0 Å². The zero-order chi connectivity index (χ0) is 16.9. The molecule has 0 amide bonds. The maximum absolute atomic E-state index is 8.91. The Hall–Kier alpha value is -2.27. The highest BCUT2D eigenvalue weighted by molar-refractivity contribution is 5.34. The van der Waals surface area contributed by atoms with Gasteiger partial charge in [0.05, 0.1) is 17.7 Å². The molecule has 2 aromatic rings. The van der Waals surface area contributed by atoms with Crippen molar-refractivity contribution >= 4 is 0 Å². The third kappa shape index (κ3) is 3.97. The average molecular weight is 319 g/mol. The third-order valence-corrected chi connectivity index (χ3v) is 4.96. The molecule has 1 saturated carbocycles. The van der Waals surface area contributed by atoms with Crippen LogP contribution in [0.2, 0.25) is 0 Å². The molecule has 0 aliphatic heterocycles. The number of hydrogen-bond acceptors (Lipinski definition) is 2. The van der Waals surface area contributed by atoms with E-state index < -0.39 is 0 Å².